The summed E-state index contributed by atoms with van der Waals surface area (Å²) in [6.45, 7) is 1.14. The van der Waals surface area contributed by atoms with Gasteiger partial charge in [0.05, 0.1) is 7.11 Å². The fourth-order valence-corrected chi connectivity index (χ4v) is 2.92. The highest BCUT2D eigenvalue weighted by atomic mass is 19.1. The van der Waals surface area contributed by atoms with Crippen molar-refractivity contribution in [1.82, 2.24) is 4.90 Å². The van der Waals surface area contributed by atoms with Crippen molar-refractivity contribution in [3.8, 4) is 11.5 Å². The molecule has 3 aromatic rings. The smallest absolute Gasteiger partial charge is 0.123 e. The second-order valence-corrected chi connectivity index (χ2v) is 5.95. The highest BCUT2D eigenvalue weighted by Crippen LogP contribution is 2.31. The van der Waals surface area contributed by atoms with Gasteiger partial charge in [-0.25, -0.2) is 4.39 Å². The van der Waals surface area contributed by atoms with Gasteiger partial charge in [0, 0.05) is 18.7 Å². The molecule has 0 aliphatic rings. The Morgan fingerprint density at radius 1 is 1.04 bits per heavy atom. The van der Waals surface area contributed by atoms with E-state index in [1.54, 1.807) is 19.2 Å². The number of hydrogen-bond acceptors (Lipinski definition) is 3. The van der Waals surface area contributed by atoms with E-state index in [2.05, 4.69) is 0 Å². The van der Waals surface area contributed by atoms with Gasteiger partial charge in [-0.3, -0.25) is 4.90 Å². The number of benzene rings is 3. The van der Waals surface area contributed by atoms with Gasteiger partial charge >= 0.3 is 0 Å². The van der Waals surface area contributed by atoms with Gasteiger partial charge in [-0.1, -0.05) is 24.3 Å². The summed E-state index contributed by atoms with van der Waals surface area (Å²) in [5, 5.41) is 12.3. The molecule has 0 bridgehead atoms. The molecular weight excluding hydrogens is 305 g/mol. The zero-order chi connectivity index (χ0) is 17.1. The molecular formula is C20H20FNO2. The molecule has 0 amide bonds. The molecule has 0 spiro atoms. The van der Waals surface area contributed by atoms with Gasteiger partial charge in [0.25, 0.3) is 0 Å². The van der Waals surface area contributed by atoms with Crippen LogP contribution in [-0.2, 0) is 13.1 Å². The molecule has 0 saturated carbocycles. The standard InChI is InChI=1S/C20H20FNO2/c1-22(12-14-4-3-5-16(21)10-14)13-19-18-11-17(24-2)8-6-15(18)7-9-20(19)23/h3-11,23H,12-13H2,1-2H3. The van der Waals surface area contributed by atoms with Crippen LogP contribution in [0.3, 0.4) is 0 Å². The Morgan fingerprint density at radius 2 is 1.83 bits per heavy atom. The number of phenols is 1. The molecule has 0 radical (unpaired) electrons. The first-order chi connectivity index (χ1) is 11.6. The molecule has 4 heteroatoms. The summed E-state index contributed by atoms with van der Waals surface area (Å²) in [5.41, 5.74) is 1.74. The predicted octanol–water partition coefficient (Wildman–Crippen LogP) is 4.33. The van der Waals surface area contributed by atoms with Crippen molar-refractivity contribution in [2.45, 2.75) is 13.1 Å². The monoisotopic (exact) mass is 325 g/mol. The summed E-state index contributed by atoms with van der Waals surface area (Å²) in [4.78, 5) is 2.04. The summed E-state index contributed by atoms with van der Waals surface area (Å²) in [7, 11) is 3.57. The average Bonchev–Trinajstić information content (AvgIpc) is 2.57. The zero-order valence-electron chi connectivity index (χ0n) is 13.8. The van der Waals surface area contributed by atoms with Crippen molar-refractivity contribution in [2.75, 3.05) is 14.2 Å². The molecule has 3 nitrogen and oxygen atoms in total. The number of methoxy groups -OCH3 is 1. The molecule has 124 valence electrons. The fraction of sp³-hybridized carbons (Fsp3) is 0.200. The van der Waals surface area contributed by atoms with Gasteiger partial charge in [0.2, 0.25) is 0 Å². The number of ether oxygens (including phenoxy) is 1. The number of phenolic OH excluding ortho intramolecular Hbond substituents is 1. The van der Waals surface area contributed by atoms with Gasteiger partial charge in [0.15, 0.2) is 0 Å². The quantitative estimate of drug-likeness (QED) is 0.758. The maximum atomic E-state index is 13.3. The first kappa shape index (κ1) is 16.3. The highest BCUT2D eigenvalue weighted by molar-refractivity contribution is 5.88. The lowest BCUT2D eigenvalue weighted by atomic mass is 10.0. The summed E-state index contributed by atoms with van der Waals surface area (Å²) in [6.07, 6.45) is 0. The lowest BCUT2D eigenvalue weighted by Gasteiger charge is -2.19. The molecule has 0 aliphatic carbocycles. The highest BCUT2D eigenvalue weighted by Gasteiger charge is 2.11. The second kappa shape index (κ2) is 6.89. The third kappa shape index (κ3) is 3.49. The number of fused-ring (bicyclic) bond motifs is 1. The van der Waals surface area contributed by atoms with Crippen molar-refractivity contribution in [1.29, 1.82) is 0 Å². The van der Waals surface area contributed by atoms with Crippen LogP contribution in [0.4, 0.5) is 4.39 Å². The largest absolute Gasteiger partial charge is 0.508 e. The SMILES string of the molecule is COc1ccc2ccc(O)c(CN(C)Cc3cccc(F)c3)c2c1. The number of aromatic hydroxyl groups is 1. The van der Waals surface area contributed by atoms with Crippen LogP contribution in [0.25, 0.3) is 10.8 Å². The molecule has 0 aromatic heterocycles. The van der Waals surface area contributed by atoms with Crippen molar-refractivity contribution in [3.05, 3.63) is 71.5 Å². The fourth-order valence-electron chi connectivity index (χ4n) is 2.92. The van der Waals surface area contributed by atoms with Crippen LogP contribution in [0.1, 0.15) is 11.1 Å². The van der Waals surface area contributed by atoms with E-state index < -0.39 is 0 Å². The van der Waals surface area contributed by atoms with Gasteiger partial charge < -0.3 is 9.84 Å². The Balaban J connectivity index is 1.89. The van der Waals surface area contributed by atoms with Crippen molar-refractivity contribution >= 4 is 10.8 Å². The van der Waals surface area contributed by atoms with E-state index in [4.69, 9.17) is 4.74 Å². The third-order valence-corrected chi connectivity index (χ3v) is 4.09. The Bertz CT molecular complexity index is 863. The summed E-state index contributed by atoms with van der Waals surface area (Å²) in [6, 6.07) is 16.0. The summed E-state index contributed by atoms with van der Waals surface area (Å²) < 4.78 is 18.6. The third-order valence-electron chi connectivity index (χ3n) is 4.09. The molecule has 0 unspecified atom stereocenters. The Kier molecular flexibility index (Phi) is 4.67. The number of rotatable bonds is 5. The van der Waals surface area contributed by atoms with E-state index >= 15 is 0 Å². The second-order valence-electron chi connectivity index (χ2n) is 5.95. The maximum absolute atomic E-state index is 13.3. The first-order valence-corrected chi connectivity index (χ1v) is 7.78. The predicted molar refractivity (Wildman–Crippen MR) is 93.7 cm³/mol. The molecule has 24 heavy (non-hydrogen) atoms. The molecule has 0 aliphatic heterocycles. The number of halogens is 1. The van der Waals surface area contributed by atoms with E-state index in [9.17, 15) is 9.50 Å². The van der Waals surface area contributed by atoms with Crippen LogP contribution < -0.4 is 4.74 Å². The number of nitrogens with zero attached hydrogens (tertiary/aromatic N) is 1. The lowest BCUT2D eigenvalue weighted by molar-refractivity contribution is 0.313. The normalized spacial score (nSPS) is 11.2. The van der Waals surface area contributed by atoms with Crippen molar-refractivity contribution in [2.24, 2.45) is 0 Å². The minimum Gasteiger partial charge on any atom is -0.508 e. The summed E-state index contributed by atoms with van der Waals surface area (Å²) in [5.74, 6) is 0.766. The van der Waals surface area contributed by atoms with Crippen molar-refractivity contribution in [3.63, 3.8) is 0 Å². The van der Waals surface area contributed by atoms with Crippen LogP contribution in [0, 0.1) is 5.82 Å². The van der Waals surface area contributed by atoms with Crippen LogP contribution in [0.5, 0.6) is 11.5 Å². The Labute approximate surface area is 140 Å². The Morgan fingerprint density at radius 3 is 2.58 bits per heavy atom. The van der Waals surface area contributed by atoms with Crippen LogP contribution >= 0.6 is 0 Å². The molecule has 3 aromatic carbocycles. The van der Waals surface area contributed by atoms with Crippen LogP contribution in [0.15, 0.2) is 54.6 Å². The molecule has 0 atom stereocenters. The molecule has 1 N–H and O–H groups in total. The summed E-state index contributed by atoms with van der Waals surface area (Å²) >= 11 is 0. The minimum absolute atomic E-state index is 0.237. The molecule has 3 rings (SSSR count). The maximum Gasteiger partial charge on any atom is 0.123 e. The van der Waals surface area contributed by atoms with Crippen LogP contribution in [0.2, 0.25) is 0 Å². The Hall–Kier alpha value is -2.59. The first-order valence-electron chi connectivity index (χ1n) is 7.78. The van der Waals surface area contributed by atoms with E-state index in [0.717, 1.165) is 27.6 Å². The van der Waals surface area contributed by atoms with E-state index in [1.807, 2.05) is 42.3 Å². The van der Waals surface area contributed by atoms with Gasteiger partial charge in [-0.15, -0.1) is 0 Å². The van der Waals surface area contributed by atoms with E-state index in [-0.39, 0.29) is 11.6 Å². The number of hydrogen-bond donors (Lipinski definition) is 1. The zero-order valence-corrected chi connectivity index (χ0v) is 13.8. The molecule has 0 fully saturated rings. The van der Waals surface area contributed by atoms with E-state index in [1.165, 1.54) is 12.1 Å². The van der Waals surface area contributed by atoms with Crippen molar-refractivity contribution < 1.29 is 14.2 Å². The van der Waals surface area contributed by atoms with Gasteiger partial charge in [0.1, 0.15) is 17.3 Å². The molecule has 0 heterocycles. The molecule has 0 saturated heterocycles. The van der Waals surface area contributed by atoms with E-state index in [0.29, 0.717) is 13.1 Å². The topological polar surface area (TPSA) is 32.7 Å². The average molecular weight is 325 g/mol. The van der Waals surface area contributed by atoms with Crippen LogP contribution in [-0.4, -0.2) is 24.2 Å². The van der Waals surface area contributed by atoms with Gasteiger partial charge in [-0.2, -0.15) is 0 Å². The minimum atomic E-state index is -0.237. The lowest BCUT2D eigenvalue weighted by Crippen LogP contribution is -2.17. The van der Waals surface area contributed by atoms with Gasteiger partial charge in [-0.05, 0) is 53.7 Å².